The molecule has 0 fully saturated rings. The fourth-order valence-electron chi connectivity index (χ4n) is 0.890. The van der Waals surface area contributed by atoms with Crippen molar-refractivity contribution in [3.63, 3.8) is 0 Å². The van der Waals surface area contributed by atoms with Crippen LogP contribution in [-0.4, -0.2) is 14.6 Å². The maximum atomic E-state index is 5.93. The van der Waals surface area contributed by atoms with Crippen molar-refractivity contribution < 1.29 is 0 Å². The molecule has 2 aromatic heterocycles. The molecule has 62 valence electrons. The largest absolute Gasteiger partial charge is 0.218 e. The van der Waals surface area contributed by atoms with E-state index in [1.807, 2.05) is 12.3 Å². The summed E-state index contributed by atoms with van der Waals surface area (Å²) in [7, 11) is 0. The molecule has 2 rings (SSSR count). The monoisotopic (exact) mass is 357 g/mol. The van der Waals surface area contributed by atoms with Crippen molar-refractivity contribution in [3.05, 3.63) is 25.6 Å². The minimum Gasteiger partial charge on any atom is -0.217 e. The molecule has 0 saturated heterocycles. The van der Waals surface area contributed by atoms with Crippen LogP contribution < -0.4 is 0 Å². The smallest absolute Gasteiger partial charge is 0.217 e. The third-order valence-electron chi connectivity index (χ3n) is 1.33. The topological polar surface area (TPSA) is 30.2 Å². The van der Waals surface area contributed by atoms with Crippen molar-refractivity contribution in [3.8, 4) is 0 Å². The van der Waals surface area contributed by atoms with Gasteiger partial charge in [0, 0.05) is 9.77 Å². The van der Waals surface area contributed by atoms with Crippen molar-refractivity contribution in [1.29, 1.82) is 0 Å². The minimum atomic E-state index is 0.548. The predicted octanol–water partition coefficient (Wildman–Crippen LogP) is 2.75. The van der Waals surface area contributed by atoms with Gasteiger partial charge in [-0.1, -0.05) is 11.6 Å². The van der Waals surface area contributed by atoms with Gasteiger partial charge in [0.15, 0.2) is 5.65 Å². The van der Waals surface area contributed by atoms with Crippen LogP contribution in [0.2, 0.25) is 5.02 Å². The number of fused-ring (bicyclic) bond motifs is 1. The van der Waals surface area contributed by atoms with Gasteiger partial charge >= 0.3 is 0 Å². The van der Waals surface area contributed by atoms with E-state index in [4.69, 9.17) is 11.6 Å². The summed E-state index contributed by atoms with van der Waals surface area (Å²) in [5, 5.41) is 4.68. The number of rotatable bonds is 0. The summed E-state index contributed by atoms with van der Waals surface area (Å²) in [5.74, 6) is 0. The van der Waals surface area contributed by atoms with Gasteiger partial charge in [-0.3, -0.25) is 0 Å². The van der Waals surface area contributed by atoms with Crippen LogP contribution >= 0.6 is 50.1 Å². The molecule has 0 radical (unpaired) electrons. The number of nitrogens with zero attached hydrogens (tertiary/aromatic N) is 3. The lowest BCUT2D eigenvalue weighted by Crippen LogP contribution is -1.88. The van der Waals surface area contributed by atoms with Gasteiger partial charge in [-0.05, 0) is 44.6 Å². The highest BCUT2D eigenvalue weighted by atomic mass is 127. The van der Waals surface area contributed by atoms with E-state index in [9.17, 15) is 0 Å². The first kappa shape index (κ1) is 8.71. The van der Waals surface area contributed by atoms with Crippen LogP contribution in [0.1, 0.15) is 0 Å². The Bertz CT molecular complexity index is 442. The van der Waals surface area contributed by atoms with Crippen molar-refractivity contribution in [2.24, 2.45) is 0 Å². The van der Waals surface area contributed by atoms with E-state index >= 15 is 0 Å². The van der Waals surface area contributed by atoms with Gasteiger partial charge in [-0.15, -0.1) is 5.10 Å². The number of aromatic nitrogens is 3. The first-order chi connectivity index (χ1) is 5.66. The van der Waals surface area contributed by atoms with Gasteiger partial charge in [0.05, 0.1) is 5.02 Å². The van der Waals surface area contributed by atoms with Gasteiger partial charge in [-0.2, -0.15) is 4.98 Å². The molecular formula is C6H2BrClIN3. The molecule has 0 bridgehead atoms. The zero-order valence-electron chi connectivity index (χ0n) is 5.63. The standard InChI is InChI=1S/C6H2BrClIN3/c7-6-10-5-4(8)1-3(9)2-12(5)11-6/h1-2H. The second-order valence-electron chi connectivity index (χ2n) is 2.16. The Kier molecular flexibility index (Phi) is 2.26. The Balaban J connectivity index is 2.88. The lowest BCUT2D eigenvalue weighted by atomic mass is 10.5. The molecule has 6 heteroatoms. The van der Waals surface area contributed by atoms with Crippen LogP contribution in [0.5, 0.6) is 0 Å². The van der Waals surface area contributed by atoms with E-state index in [1.165, 1.54) is 0 Å². The van der Waals surface area contributed by atoms with Crippen LogP contribution in [0.15, 0.2) is 17.0 Å². The van der Waals surface area contributed by atoms with Crippen molar-refractivity contribution in [2.45, 2.75) is 0 Å². The summed E-state index contributed by atoms with van der Waals surface area (Å²) in [4.78, 5) is 4.09. The molecule has 0 N–H and O–H groups in total. The quantitative estimate of drug-likeness (QED) is 0.678. The Labute approximate surface area is 95.4 Å². The zero-order valence-corrected chi connectivity index (χ0v) is 10.1. The summed E-state index contributed by atoms with van der Waals surface area (Å²) in [6, 6.07) is 1.85. The molecule has 0 aliphatic rings. The Morgan fingerprint density at radius 3 is 3.08 bits per heavy atom. The van der Waals surface area contributed by atoms with Gasteiger partial charge in [-0.25, -0.2) is 4.52 Å². The summed E-state index contributed by atoms with van der Waals surface area (Å²) in [5.41, 5.74) is 0.670. The number of pyridine rings is 1. The minimum absolute atomic E-state index is 0.548. The maximum Gasteiger partial charge on any atom is 0.218 e. The summed E-state index contributed by atoms with van der Waals surface area (Å²) < 4.78 is 3.22. The summed E-state index contributed by atoms with van der Waals surface area (Å²) in [6.45, 7) is 0. The van der Waals surface area contributed by atoms with E-state index in [0.29, 0.717) is 15.4 Å². The van der Waals surface area contributed by atoms with Gasteiger partial charge < -0.3 is 0 Å². The molecular weight excluding hydrogens is 356 g/mol. The molecule has 2 heterocycles. The first-order valence-electron chi connectivity index (χ1n) is 3.04. The first-order valence-corrected chi connectivity index (χ1v) is 5.29. The Hall–Kier alpha value is 0.120. The highest BCUT2D eigenvalue weighted by Crippen LogP contribution is 2.19. The van der Waals surface area contributed by atoms with Gasteiger partial charge in [0.2, 0.25) is 4.73 Å². The van der Waals surface area contributed by atoms with Crippen LogP contribution in [0, 0.1) is 3.57 Å². The molecule has 0 aromatic carbocycles. The molecule has 0 amide bonds. The van der Waals surface area contributed by atoms with Crippen LogP contribution in [0.4, 0.5) is 0 Å². The lowest BCUT2D eigenvalue weighted by Gasteiger charge is -1.94. The SMILES string of the molecule is Clc1cc(I)cn2nc(Br)nc12. The molecule has 0 atom stereocenters. The van der Waals surface area contributed by atoms with Crippen LogP contribution in [0.25, 0.3) is 5.65 Å². The average Bonchev–Trinajstić information content (AvgIpc) is 2.29. The maximum absolute atomic E-state index is 5.93. The van der Waals surface area contributed by atoms with Crippen molar-refractivity contribution in [2.75, 3.05) is 0 Å². The second-order valence-corrected chi connectivity index (χ2v) is 4.52. The van der Waals surface area contributed by atoms with Gasteiger partial charge in [0.25, 0.3) is 0 Å². The predicted molar refractivity (Wildman–Crippen MR) is 58.4 cm³/mol. The van der Waals surface area contributed by atoms with E-state index in [-0.39, 0.29) is 0 Å². The second kappa shape index (κ2) is 3.12. The Morgan fingerprint density at radius 1 is 1.58 bits per heavy atom. The van der Waals surface area contributed by atoms with Crippen molar-refractivity contribution >= 4 is 55.8 Å². The number of hydrogen-bond donors (Lipinski definition) is 0. The molecule has 0 aliphatic carbocycles. The Morgan fingerprint density at radius 2 is 2.33 bits per heavy atom. The molecule has 2 aromatic rings. The van der Waals surface area contributed by atoms with Crippen molar-refractivity contribution in [1.82, 2.24) is 14.6 Å². The van der Waals surface area contributed by atoms with Crippen LogP contribution in [-0.2, 0) is 0 Å². The van der Waals surface area contributed by atoms with Gasteiger partial charge in [0.1, 0.15) is 0 Å². The zero-order chi connectivity index (χ0) is 8.72. The van der Waals surface area contributed by atoms with E-state index in [1.54, 1.807) is 4.52 Å². The summed E-state index contributed by atoms with van der Waals surface area (Å²) >= 11 is 11.3. The number of halogens is 3. The van der Waals surface area contributed by atoms with E-state index in [0.717, 1.165) is 3.57 Å². The van der Waals surface area contributed by atoms with E-state index in [2.05, 4.69) is 48.6 Å². The number of hydrogen-bond acceptors (Lipinski definition) is 2. The third kappa shape index (κ3) is 1.45. The normalized spacial score (nSPS) is 10.9. The fraction of sp³-hybridized carbons (Fsp3) is 0. The van der Waals surface area contributed by atoms with E-state index < -0.39 is 0 Å². The molecule has 0 unspecified atom stereocenters. The summed E-state index contributed by atoms with van der Waals surface area (Å²) in [6.07, 6.45) is 1.86. The molecule has 12 heavy (non-hydrogen) atoms. The van der Waals surface area contributed by atoms with Crippen LogP contribution in [0.3, 0.4) is 0 Å². The molecule has 0 aliphatic heterocycles. The molecule has 0 spiro atoms. The third-order valence-corrected chi connectivity index (χ3v) is 2.53. The molecule has 3 nitrogen and oxygen atoms in total. The average molecular weight is 358 g/mol. The highest BCUT2D eigenvalue weighted by molar-refractivity contribution is 14.1. The fourth-order valence-corrected chi connectivity index (χ4v) is 2.23. The highest BCUT2D eigenvalue weighted by Gasteiger charge is 2.05. The lowest BCUT2D eigenvalue weighted by molar-refractivity contribution is 0.941. The molecule has 0 saturated carbocycles.